The summed E-state index contributed by atoms with van der Waals surface area (Å²) in [6, 6.07) is 14.1. The third-order valence-electron chi connectivity index (χ3n) is 3.26. The van der Waals surface area contributed by atoms with Gasteiger partial charge in [0.15, 0.2) is 0 Å². The Morgan fingerprint density at radius 2 is 1.95 bits per heavy atom. The van der Waals surface area contributed by atoms with Gasteiger partial charge < -0.3 is 10.1 Å². The van der Waals surface area contributed by atoms with Crippen LogP contribution in [0, 0.1) is 0 Å². The molecule has 0 aliphatic carbocycles. The van der Waals surface area contributed by atoms with Gasteiger partial charge in [-0.1, -0.05) is 39.0 Å². The van der Waals surface area contributed by atoms with Crippen molar-refractivity contribution in [3.05, 3.63) is 53.7 Å². The van der Waals surface area contributed by atoms with Crippen LogP contribution in [-0.4, -0.2) is 11.5 Å². The molecule has 0 atom stereocenters. The van der Waals surface area contributed by atoms with Crippen LogP contribution in [0.4, 0.5) is 0 Å². The maximum absolute atomic E-state index is 5.88. The van der Waals surface area contributed by atoms with Gasteiger partial charge in [0.25, 0.3) is 0 Å². The molecule has 0 saturated carbocycles. The second-order valence-corrected chi connectivity index (χ2v) is 5.47. The van der Waals surface area contributed by atoms with Gasteiger partial charge in [0.1, 0.15) is 5.75 Å². The lowest BCUT2D eigenvalue weighted by Gasteiger charge is -2.10. The fourth-order valence-electron chi connectivity index (χ4n) is 2.06. The molecule has 112 valence electrons. The minimum Gasteiger partial charge on any atom is -0.439 e. The van der Waals surface area contributed by atoms with Gasteiger partial charge in [-0.05, 0) is 42.6 Å². The van der Waals surface area contributed by atoms with Crippen molar-refractivity contribution >= 4 is 0 Å². The van der Waals surface area contributed by atoms with Gasteiger partial charge in [-0.3, -0.25) is 0 Å². The van der Waals surface area contributed by atoms with E-state index in [1.54, 1.807) is 0 Å². The van der Waals surface area contributed by atoms with Crippen molar-refractivity contribution in [2.75, 3.05) is 6.54 Å². The summed E-state index contributed by atoms with van der Waals surface area (Å²) >= 11 is 0. The molecule has 21 heavy (non-hydrogen) atoms. The quantitative estimate of drug-likeness (QED) is 0.760. The lowest BCUT2D eigenvalue weighted by Crippen LogP contribution is -2.14. The molecule has 0 spiro atoms. The van der Waals surface area contributed by atoms with E-state index in [0.29, 0.717) is 11.8 Å². The lowest BCUT2D eigenvalue weighted by atomic mass is 10.0. The first kappa shape index (κ1) is 15.5. The average molecular weight is 284 g/mol. The molecular formula is C18H24N2O. The zero-order valence-corrected chi connectivity index (χ0v) is 13.1. The number of hydrogen-bond acceptors (Lipinski definition) is 3. The Bertz CT molecular complexity index is 567. The van der Waals surface area contributed by atoms with Crippen LogP contribution in [0.15, 0.2) is 42.5 Å². The van der Waals surface area contributed by atoms with Gasteiger partial charge in [0.2, 0.25) is 5.88 Å². The molecule has 0 unspecified atom stereocenters. The smallest absolute Gasteiger partial charge is 0.219 e. The summed E-state index contributed by atoms with van der Waals surface area (Å²) in [6.45, 7) is 8.29. The van der Waals surface area contributed by atoms with Crippen molar-refractivity contribution < 1.29 is 4.74 Å². The number of nitrogens with one attached hydrogen (secondary N) is 1. The Morgan fingerprint density at radius 1 is 1.14 bits per heavy atom. The van der Waals surface area contributed by atoms with Crippen LogP contribution in [0.2, 0.25) is 0 Å². The van der Waals surface area contributed by atoms with E-state index in [0.717, 1.165) is 31.0 Å². The van der Waals surface area contributed by atoms with E-state index in [-0.39, 0.29) is 0 Å². The second kappa shape index (κ2) is 7.79. The fraction of sp³-hybridized carbons (Fsp3) is 0.389. The molecular weight excluding hydrogens is 260 g/mol. The van der Waals surface area contributed by atoms with Crippen molar-refractivity contribution in [1.29, 1.82) is 0 Å². The van der Waals surface area contributed by atoms with Crippen LogP contribution in [0.25, 0.3) is 0 Å². The average Bonchev–Trinajstić information content (AvgIpc) is 2.48. The van der Waals surface area contributed by atoms with Gasteiger partial charge in [-0.25, -0.2) is 4.98 Å². The van der Waals surface area contributed by atoms with E-state index in [4.69, 9.17) is 4.74 Å². The number of ether oxygens (including phenoxy) is 1. The maximum atomic E-state index is 5.88. The van der Waals surface area contributed by atoms with Gasteiger partial charge in [-0.15, -0.1) is 0 Å². The predicted octanol–water partition coefficient (Wildman–Crippen LogP) is 4.50. The predicted molar refractivity (Wildman–Crippen MR) is 86.8 cm³/mol. The molecule has 1 aromatic carbocycles. The first-order valence-electron chi connectivity index (χ1n) is 7.63. The van der Waals surface area contributed by atoms with Gasteiger partial charge in [-0.2, -0.15) is 0 Å². The standard InChI is InChI=1S/C18H24N2O/c1-4-11-19-13-16-8-6-10-18(20-16)21-17-9-5-7-15(12-17)14(2)3/h5-10,12,14,19H,4,11,13H2,1-3H3. The molecule has 0 radical (unpaired) electrons. The third kappa shape index (κ3) is 4.87. The number of hydrogen-bond donors (Lipinski definition) is 1. The molecule has 1 N–H and O–H groups in total. The van der Waals surface area contributed by atoms with Crippen LogP contribution < -0.4 is 10.1 Å². The summed E-state index contributed by atoms with van der Waals surface area (Å²) in [4.78, 5) is 4.53. The summed E-state index contributed by atoms with van der Waals surface area (Å²) in [5.41, 5.74) is 2.27. The summed E-state index contributed by atoms with van der Waals surface area (Å²) in [6.07, 6.45) is 1.12. The van der Waals surface area contributed by atoms with Crippen LogP contribution in [0.1, 0.15) is 44.4 Å². The largest absolute Gasteiger partial charge is 0.439 e. The number of benzene rings is 1. The van der Waals surface area contributed by atoms with E-state index < -0.39 is 0 Å². The van der Waals surface area contributed by atoms with Gasteiger partial charge >= 0.3 is 0 Å². The normalized spacial score (nSPS) is 10.9. The van der Waals surface area contributed by atoms with E-state index in [2.05, 4.69) is 43.2 Å². The van der Waals surface area contributed by atoms with Gasteiger partial charge in [0.05, 0.1) is 5.69 Å². The zero-order valence-electron chi connectivity index (χ0n) is 13.1. The lowest BCUT2D eigenvalue weighted by molar-refractivity contribution is 0.458. The molecule has 0 fully saturated rings. The van der Waals surface area contributed by atoms with Crippen molar-refractivity contribution in [3.8, 4) is 11.6 Å². The van der Waals surface area contributed by atoms with E-state index >= 15 is 0 Å². The van der Waals surface area contributed by atoms with Crippen LogP contribution in [0.5, 0.6) is 11.6 Å². The molecule has 0 amide bonds. The molecule has 3 heteroatoms. The Labute approximate surface area is 127 Å². The molecule has 2 rings (SSSR count). The Hall–Kier alpha value is -1.87. The number of pyridine rings is 1. The van der Waals surface area contributed by atoms with E-state index in [1.165, 1.54) is 5.56 Å². The third-order valence-corrected chi connectivity index (χ3v) is 3.26. The molecule has 0 aliphatic rings. The Kier molecular flexibility index (Phi) is 5.76. The molecule has 0 aliphatic heterocycles. The Morgan fingerprint density at radius 3 is 2.71 bits per heavy atom. The second-order valence-electron chi connectivity index (χ2n) is 5.47. The van der Waals surface area contributed by atoms with E-state index in [1.807, 2.05) is 30.3 Å². The van der Waals surface area contributed by atoms with Crippen molar-refractivity contribution in [3.63, 3.8) is 0 Å². The summed E-state index contributed by atoms with van der Waals surface area (Å²) < 4.78 is 5.88. The molecule has 2 aromatic rings. The van der Waals surface area contributed by atoms with Crippen LogP contribution in [-0.2, 0) is 6.54 Å². The Balaban J connectivity index is 2.05. The van der Waals surface area contributed by atoms with Crippen LogP contribution in [0.3, 0.4) is 0 Å². The highest BCUT2D eigenvalue weighted by Gasteiger charge is 2.04. The highest BCUT2D eigenvalue weighted by molar-refractivity contribution is 5.33. The summed E-state index contributed by atoms with van der Waals surface area (Å²) in [7, 11) is 0. The SMILES string of the molecule is CCCNCc1cccc(Oc2cccc(C(C)C)c2)n1. The monoisotopic (exact) mass is 284 g/mol. The number of rotatable bonds is 7. The minimum absolute atomic E-state index is 0.492. The van der Waals surface area contributed by atoms with Crippen LogP contribution >= 0.6 is 0 Å². The molecule has 0 saturated heterocycles. The number of aromatic nitrogens is 1. The summed E-state index contributed by atoms with van der Waals surface area (Å²) in [5.74, 6) is 1.98. The zero-order chi connectivity index (χ0) is 15.1. The van der Waals surface area contributed by atoms with Crippen molar-refractivity contribution in [2.24, 2.45) is 0 Å². The van der Waals surface area contributed by atoms with E-state index in [9.17, 15) is 0 Å². The topological polar surface area (TPSA) is 34.1 Å². The molecule has 1 heterocycles. The number of nitrogens with zero attached hydrogens (tertiary/aromatic N) is 1. The first-order valence-corrected chi connectivity index (χ1v) is 7.63. The van der Waals surface area contributed by atoms with Gasteiger partial charge in [0, 0.05) is 12.6 Å². The first-order chi connectivity index (χ1) is 10.2. The summed E-state index contributed by atoms with van der Waals surface area (Å²) in [5, 5.41) is 3.35. The van der Waals surface area contributed by atoms with Crippen molar-refractivity contribution in [1.82, 2.24) is 10.3 Å². The fourth-order valence-corrected chi connectivity index (χ4v) is 2.06. The molecule has 1 aromatic heterocycles. The molecule has 0 bridgehead atoms. The highest BCUT2D eigenvalue weighted by atomic mass is 16.5. The minimum atomic E-state index is 0.492. The molecule has 3 nitrogen and oxygen atoms in total. The van der Waals surface area contributed by atoms with Crippen molar-refractivity contribution in [2.45, 2.75) is 39.7 Å². The maximum Gasteiger partial charge on any atom is 0.219 e. The highest BCUT2D eigenvalue weighted by Crippen LogP contribution is 2.24.